The first-order valence-electron chi connectivity index (χ1n) is 5.22. The maximum atomic E-state index is 12.6. The van der Waals surface area contributed by atoms with Gasteiger partial charge in [0, 0.05) is 0 Å². The highest BCUT2D eigenvalue weighted by Crippen LogP contribution is 2.36. The van der Waals surface area contributed by atoms with Crippen LogP contribution < -0.4 is 4.13 Å². The Morgan fingerprint density at radius 3 is 1.14 bits per heavy atom. The molecule has 0 spiro atoms. The zero-order valence-corrected chi connectivity index (χ0v) is 15.3. The first kappa shape index (κ1) is 27.9. The third kappa shape index (κ3) is 5.97. The number of hydrogen-bond donors (Lipinski definition) is 1. The Bertz CT molecular complexity index is 1090. The molecule has 0 aliphatic carbocycles. The van der Waals surface area contributed by atoms with Gasteiger partial charge in [-0.05, 0) is 0 Å². The van der Waals surface area contributed by atoms with E-state index in [1.54, 1.807) is 0 Å². The smallest absolute Gasteiger partial charge is 0.223 e. The molecule has 0 saturated heterocycles. The van der Waals surface area contributed by atoms with Crippen molar-refractivity contribution in [1.82, 2.24) is 4.13 Å². The third-order valence-corrected chi connectivity index (χ3v) is 9.29. The number of hydrogen-bond acceptors (Lipinski definition) is 6. The molecule has 0 aliphatic heterocycles. The van der Waals surface area contributed by atoms with E-state index in [-0.39, 0.29) is 0 Å². The largest absolute Gasteiger partial charge is 0.519 e. The highest BCUT2D eigenvalue weighted by molar-refractivity contribution is 8.12. The molecule has 0 aromatic heterocycles. The van der Waals surface area contributed by atoms with E-state index in [9.17, 15) is 77.9 Å². The Hall–Kier alpha value is -1.08. The van der Waals surface area contributed by atoms with Gasteiger partial charge in [0.15, 0.2) is 0 Å². The molecule has 9 nitrogen and oxygen atoms in total. The van der Waals surface area contributed by atoms with Gasteiger partial charge in [0.2, 0.25) is 9.92 Å². The van der Waals surface area contributed by atoms with Crippen LogP contribution in [0.3, 0.4) is 0 Å². The summed E-state index contributed by atoms with van der Waals surface area (Å²) in [6.45, 7) is 0. The Morgan fingerprint density at radius 1 is 0.517 bits per heavy atom. The van der Waals surface area contributed by atoms with Crippen molar-refractivity contribution < 1.29 is 77.9 Å². The molecule has 1 N–H and O–H groups in total. The summed E-state index contributed by atoms with van der Waals surface area (Å²) >= 11 is 0. The average Bonchev–Trinajstić information content (AvgIpc) is 2.30. The van der Waals surface area contributed by atoms with Gasteiger partial charge in [-0.3, -0.25) is 0 Å². The first-order valence-corrected chi connectivity index (χ1v) is 11.1. The topological polar surface area (TPSA) is 139 Å². The summed E-state index contributed by atoms with van der Waals surface area (Å²) in [5.41, 5.74) is -27.8. The van der Waals surface area contributed by atoms with Crippen LogP contribution in [0.4, 0.5) is 52.7 Å². The molecule has 176 valence electrons. The molecule has 2 atom stereocenters. The minimum Gasteiger partial charge on any atom is -0.223 e. The molecule has 0 rings (SSSR count). The summed E-state index contributed by atoms with van der Waals surface area (Å²) < 4.78 is 214. The lowest BCUT2D eigenvalue weighted by Crippen LogP contribution is -2.46. The van der Waals surface area contributed by atoms with Crippen molar-refractivity contribution in [2.45, 2.75) is 22.0 Å². The molecule has 0 aromatic carbocycles. The number of nitrogens with one attached hydrogen (secondary N) is 1. The van der Waals surface area contributed by atoms with Crippen molar-refractivity contribution in [1.29, 1.82) is 0 Å². The molecule has 0 bridgehead atoms. The van der Waals surface area contributed by atoms with Gasteiger partial charge < -0.3 is 0 Å². The van der Waals surface area contributed by atoms with E-state index in [0.717, 1.165) is 0 Å². The number of rotatable bonds is 4. The van der Waals surface area contributed by atoms with E-state index in [1.807, 2.05) is 0 Å². The van der Waals surface area contributed by atoms with E-state index in [2.05, 4.69) is 0 Å². The van der Waals surface area contributed by atoms with Crippen LogP contribution in [0.1, 0.15) is 0 Å². The summed E-state index contributed by atoms with van der Waals surface area (Å²) in [5, 5.41) is 0. The Kier molecular flexibility index (Phi) is 6.99. The average molecular weight is 543 g/mol. The zero-order valence-electron chi connectivity index (χ0n) is 12.0. The number of sulfonamides is 2. The molecular weight excluding hydrogens is 542 g/mol. The molecular formula is C4HF12N3O6S4. The standard InChI is InChI=1S/C4HF12N3O6S4/c5-1(6,7)26(20,18-28(22,23)3(11,12)13)17-27(21,2(8,9)10)19-29(24,25)4(14,15)16/h(H,17,18,19,20,21)/t26-,27?/m0/s1. The van der Waals surface area contributed by atoms with Crippen LogP contribution >= 0.6 is 0 Å². The predicted molar refractivity (Wildman–Crippen MR) is 66.3 cm³/mol. The van der Waals surface area contributed by atoms with Gasteiger partial charge in [-0.1, -0.05) is 7.54 Å². The van der Waals surface area contributed by atoms with Gasteiger partial charge >= 0.3 is 42.1 Å². The highest BCUT2D eigenvalue weighted by atomic mass is 32.3. The van der Waals surface area contributed by atoms with E-state index in [1.165, 1.54) is 0 Å². The van der Waals surface area contributed by atoms with Gasteiger partial charge in [-0.2, -0.15) is 61.1 Å². The van der Waals surface area contributed by atoms with Crippen molar-refractivity contribution in [3.8, 4) is 0 Å². The van der Waals surface area contributed by atoms with E-state index < -0.39 is 66.0 Å². The van der Waals surface area contributed by atoms with E-state index in [0.29, 0.717) is 7.54 Å². The van der Waals surface area contributed by atoms with Gasteiger partial charge in [0.05, 0.1) is 0 Å². The second kappa shape index (κ2) is 7.26. The second-order valence-corrected chi connectivity index (χ2v) is 11.7. The molecule has 0 radical (unpaired) electrons. The van der Waals surface area contributed by atoms with Crippen LogP contribution in [0.15, 0.2) is 7.54 Å². The van der Waals surface area contributed by atoms with Gasteiger partial charge in [-0.25, -0.2) is 16.8 Å². The molecule has 0 heterocycles. The Morgan fingerprint density at radius 2 is 0.897 bits per heavy atom. The van der Waals surface area contributed by atoms with E-state index >= 15 is 0 Å². The number of halogens is 12. The van der Waals surface area contributed by atoms with Crippen LogP contribution in [0, 0.1) is 0 Å². The molecule has 0 amide bonds. The van der Waals surface area contributed by atoms with Gasteiger partial charge in [-0.15, -0.1) is 4.13 Å². The summed E-state index contributed by atoms with van der Waals surface area (Å²) in [6.07, 6.45) is 0. The lowest BCUT2D eigenvalue weighted by molar-refractivity contribution is -0.0462. The van der Waals surface area contributed by atoms with Gasteiger partial charge in [0.25, 0.3) is 9.92 Å². The fourth-order valence-electron chi connectivity index (χ4n) is 0.716. The summed E-state index contributed by atoms with van der Waals surface area (Å²) in [6, 6.07) is 0. The Balaban J connectivity index is 7.49. The molecule has 29 heavy (non-hydrogen) atoms. The van der Waals surface area contributed by atoms with Crippen LogP contribution in [0.2, 0.25) is 0 Å². The van der Waals surface area contributed by atoms with Crippen molar-refractivity contribution in [3.63, 3.8) is 0 Å². The predicted octanol–water partition coefficient (Wildman–Crippen LogP) is 2.08. The summed E-state index contributed by atoms with van der Waals surface area (Å²) in [7, 11) is -30.7. The van der Waals surface area contributed by atoms with E-state index in [4.69, 9.17) is 0 Å². The van der Waals surface area contributed by atoms with Crippen LogP contribution in [0.25, 0.3) is 0 Å². The maximum Gasteiger partial charge on any atom is 0.519 e. The summed E-state index contributed by atoms with van der Waals surface area (Å²) in [4.78, 5) is 0. The molecule has 0 aliphatic rings. The molecule has 0 aromatic rings. The third-order valence-electron chi connectivity index (χ3n) is 1.84. The number of nitrogens with zero attached hydrogens (tertiary/aromatic N) is 2. The molecule has 0 saturated carbocycles. The molecule has 0 fully saturated rings. The lowest BCUT2D eigenvalue weighted by atomic mass is 11.6. The summed E-state index contributed by atoms with van der Waals surface area (Å²) in [5.74, 6) is 0. The van der Waals surface area contributed by atoms with Crippen LogP contribution in [0.5, 0.6) is 0 Å². The fraction of sp³-hybridized carbons (Fsp3) is 1.00. The quantitative estimate of drug-likeness (QED) is 0.539. The zero-order chi connectivity index (χ0) is 24.1. The van der Waals surface area contributed by atoms with Crippen molar-refractivity contribution >= 4 is 39.9 Å². The van der Waals surface area contributed by atoms with Crippen LogP contribution in [-0.2, 0) is 39.9 Å². The lowest BCUT2D eigenvalue weighted by Gasteiger charge is -2.17. The minimum absolute atomic E-state index is 0.562. The minimum atomic E-state index is -7.85. The molecule has 25 heteroatoms. The van der Waals surface area contributed by atoms with Crippen LogP contribution in [-0.4, -0.2) is 47.3 Å². The monoisotopic (exact) mass is 543 g/mol. The normalized spacial score (nSPS) is 19.2. The van der Waals surface area contributed by atoms with Crippen molar-refractivity contribution in [2.24, 2.45) is 7.54 Å². The second-order valence-electron chi connectivity index (χ2n) is 4.02. The molecule has 1 unspecified atom stereocenters. The van der Waals surface area contributed by atoms with Crippen molar-refractivity contribution in [3.05, 3.63) is 0 Å². The fourth-order valence-corrected chi connectivity index (χ4v) is 6.97. The van der Waals surface area contributed by atoms with Crippen molar-refractivity contribution in [2.75, 3.05) is 0 Å². The first-order chi connectivity index (χ1) is 12.1. The van der Waals surface area contributed by atoms with Gasteiger partial charge in [0.1, 0.15) is 0 Å². The number of alkyl halides is 12. The Labute approximate surface area is 152 Å². The SMILES string of the molecule is O=S(=O)(N=[S@@](=O)(N=S(=O)(NS(=O)(=O)C(F)(F)F)C(F)(F)F)C(F)(F)F)C(F)(F)F. The maximum absolute atomic E-state index is 12.6. The highest BCUT2D eigenvalue weighted by Gasteiger charge is 2.58.